The van der Waals surface area contributed by atoms with E-state index in [9.17, 15) is 26.7 Å². The van der Waals surface area contributed by atoms with Crippen LogP contribution in [0.5, 0.6) is 0 Å². The molecule has 1 aromatic heterocycles. The quantitative estimate of drug-likeness (QED) is 0.617. The summed E-state index contributed by atoms with van der Waals surface area (Å²) in [5.74, 6) is -1.31. The van der Waals surface area contributed by atoms with Gasteiger partial charge in [0, 0.05) is 5.56 Å². The summed E-state index contributed by atoms with van der Waals surface area (Å²) in [6.45, 7) is 0. The number of hydrogen-bond donors (Lipinski definition) is 0. The van der Waals surface area contributed by atoms with Crippen molar-refractivity contribution in [2.45, 2.75) is 12.6 Å². The lowest BCUT2D eigenvalue weighted by Gasteiger charge is -2.12. The van der Waals surface area contributed by atoms with Gasteiger partial charge in [-0.3, -0.25) is 0 Å². The third-order valence-electron chi connectivity index (χ3n) is 2.06. The molecule has 9 heteroatoms. The summed E-state index contributed by atoms with van der Waals surface area (Å²) in [5, 5.41) is 8.56. The minimum Gasteiger partial charge on any atom is -0.464 e. The minimum absolute atomic E-state index is 0.407. The zero-order chi connectivity index (χ0) is 14.8. The lowest BCUT2D eigenvalue weighted by Crippen LogP contribution is -2.17. The van der Waals surface area contributed by atoms with Gasteiger partial charge in [0.2, 0.25) is 0 Å². The average Bonchev–Trinajstić information content (AvgIpc) is 2.34. The highest BCUT2D eigenvalue weighted by molar-refractivity contribution is 5.87. The normalized spacial score (nSPS) is 11.3. The Labute approximate surface area is 103 Å². The molecule has 0 amide bonds. The fourth-order valence-corrected chi connectivity index (χ4v) is 1.27. The first kappa shape index (κ1) is 14.8. The van der Waals surface area contributed by atoms with Crippen LogP contribution in [0.1, 0.15) is 33.7 Å². The highest BCUT2D eigenvalue weighted by atomic mass is 19.4. The molecule has 1 heterocycles. The van der Waals surface area contributed by atoms with Crippen LogP contribution in [-0.4, -0.2) is 18.1 Å². The second kappa shape index (κ2) is 5.17. The Morgan fingerprint density at radius 2 is 2.05 bits per heavy atom. The molecule has 0 N–H and O–H groups in total. The number of pyridine rings is 1. The summed E-state index contributed by atoms with van der Waals surface area (Å²) >= 11 is 0. The Kier molecular flexibility index (Phi) is 4.04. The SMILES string of the molecule is COC(=O)c1cc(C(F)F)c(C#N)c(C(F)(F)F)n1. The summed E-state index contributed by atoms with van der Waals surface area (Å²) in [4.78, 5) is 14.0. The number of methoxy groups -OCH3 is 1. The molecule has 1 rings (SSSR count). The highest BCUT2D eigenvalue weighted by Gasteiger charge is 2.39. The fraction of sp³-hybridized carbons (Fsp3) is 0.300. The molecule has 102 valence electrons. The van der Waals surface area contributed by atoms with Crippen molar-refractivity contribution in [1.29, 1.82) is 5.26 Å². The Hall–Kier alpha value is -2.24. The van der Waals surface area contributed by atoms with Gasteiger partial charge in [0.1, 0.15) is 11.8 Å². The van der Waals surface area contributed by atoms with E-state index in [1.807, 2.05) is 0 Å². The molecule has 1 aromatic rings. The van der Waals surface area contributed by atoms with Gasteiger partial charge >= 0.3 is 12.1 Å². The van der Waals surface area contributed by atoms with E-state index in [0.29, 0.717) is 6.07 Å². The molecule has 0 spiro atoms. The molecule has 0 bridgehead atoms. The van der Waals surface area contributed by atoms with E-state index in [1.165, 1.54) is 0 Å². The van der Waals surface area contributed by atoms with Gasteiger partial charge in [0.05, 0.1) is 12.7 Å². The van der Waals surface area contributed by atoms with Crippen molar-refractivity contribution < 1.29 is 31.5 Å². The Bertz CT molecular complexity index is 548. The summed E-state index contributed by atoms with van der Waals surface area (Å²) in [7, 11) is 0.859. The summed E-state index contributed by atoms with van der Waals surface area (Å²) in [5.41, 5.74) is -5.31. The van der Waals surface area contributed by atoms with Gasteiger partial charge in [-0.15, -0.1) is 0 Å². The number of carbonyl (C=O) groups excluding carboxylic acids is 1. The maximum Gasteiger partial charge on any atom is 0.434 e. The number of ether oxygens (including phenoxy) is 1. The minimum atomic E-state index is -5.14. The molecule has 0 aliphatic carbocycles. The number of aromatic nitrogens is 1. The zero-order valence-electron chi connectivity index (χ0n) is 9.26. The first-order chi connectivity index (χ1) is 8.72. The first-order valence-electron chi connectivity index (χ1n) is 4.61. The molecule has 4 nitrogen and oxygen atoms in total. The van der Waals surface area contributed by atoms with Crippen molar-refractivity contribution in [3.63, 3.8) is 0 Å². The van der Waals surface area contributed by atoms with Crippen LogP contribution in [-0.2, 0) is 10.9 Å². The van der Waals surface area contributed by atoms with Crippen molar-refractivity contribution in [3.8, 4) is 6.07 Å². The van der Waals surface area contributed by atoms with Crippen molar-refractivity contribution in [2.24, 2.45) is 0 Å². The molecule has 0 fully saturated rings. The molecule has 0 saturated heterocycles. The van der Waals surface area contributed by atoms with Crippen LogP contribution in [0.3, 0.4) is 0 Å². The third-order valence-corrected chi connectivity index (χ3v) is 2.06. The summed E-state index contributed by atoms with van der Waals surface area (Å²) in [6.07, 6.45) is -8.50. The van der Waals surface area contributed by atoms with E-state index in [0.717, 1.165) is 13.2 Å². The number of nitriles is 1. The average molecular weight is 280 g/mol. The van der Waals surface area contributed by atoms with E-state index >= 15 is 0 Å². The molecule has 19 heavy (non-hydrogen) atoms. The maximum absolute atomic E-state index is 12.6. The fourth-order valence-electron chi connectivity index (χ4n) is 1.27. The number of halogens is 5. The number of alkyl halides is 5. The number of carbonyl (C=O) groups is 1. The Balaban J connectivity index is 3.66. The van der Waals surface area contributed by atoms with E-state index < -0.39 is 41.1 Å². The number of hydrogen-bond acceptors (Lipinski definition) is 4. The van der Waals surface area contributed by atoms with Crippen molar-refractivity contribution in [2.75, 3.05) is 7.11 Å². The van der Waals surface area contributed by atoms with Gasteiger partial charge in [-0.2, -0.15) is 18.4 Å². The maximum atomic E-state index is 12.6. The second-order valence-electron chi connectivity index (χ2n) is 3.22. The second-order valence-corrected chi connectivity index (χ2v) is 3.22. The van der Waals surface area contributed by atoms with E-state index in [1.54, 1.807) is 0 Å². The molecular weight excluding hydrogens is 275 g/mol. The summed E-state index contributed by atoms with van der Waals surface area (Å²) < 4.78 is 67.2. The van der Waals surface area contributed by atoms with Gasteiger partial charge in [-0.1, -0.05) is 0 Å². The lowest BCUT2D eigenvalue weighted by molar-refractivity contribution is -0.141. The van der Waals surface area contributed by atoms with E-state index in [4.69, 9.17) is 5.26 Å². The largest absolute Gasteiger partial charge is 0.464 e. The van der Waals surface area contributed by atoms with Gasteiger partial charge in [0.15, 0.2) is 5.69 Å². The van der Waals surface area contributed by atoms with Crippen LogP contribution in [0.4, 0.5) is 22.0 Å². The van der Waals surface area contributed by atoms with Crippen molar-refractivity contribution >= 4 is 5.97 Å². The lowest BCUT2D eigenvalue weighted by atomic mass is 10.1. The highest BCUT2D eigenvalue weighted by Crippen LogP contribution is 2.35. The molecular formula is C10H5F5N2O2. The predicted octanol–water partition coefficient (Wildman–Crippen LogP) is 2.70. The molecule has 0 saturated carbocycles. The van der Waals surface area contributed by atoms with Crippen LogP contribution in [0.15, 0.2) is 6.07 Å². The number of nitrogens with zero attached hydrogens (tertiary/aromatic N) is 2. The van der Waals surface area contributed by atoms with Crippen LogP contribution < -0.4 is 0 Å². The Morgan fingerprint density at radius 1 is 1.47 bits per heavy atom. The standard InChI is InChI=1S/C10H5F5N2O2/c1-19-9(18)6-2-4(8(11)12)5(3-16)7(17-6)10(13,14)15/h2,8H,1H3. The predicted molar refractivity (Wildman–Crippen MR) is 50.3 cm³/mol. The molecule has 0 unspecified atom stereocenters. The Morgan fingerprint density at radius 3 is 2.42 bits per heavy atom. The van der Waals surface area contributed by atoms with Gasteiger partial charge < -0.3 is 4.74 Å². The molecule has 0 radical (unpaired) electrons. The summed E-state index contributed by atoms with van der Waals surface area (Å²) in [6, 6.07) is 1.43. The first-order valence-corrected chi connectivity index (χ1v) is 4.61. The van der Waals surface area contributed by atoms with Gasteiger partial charge in [-0.25, -0.2) is 18.6 Å². The van der Waals surface area contributed by atoms with Crippen LogP contribution in [0.25, 0.3) is 0 Å². The van der Waals surface area contributed by atoms with Crippen LogP contribution >= 0.6 is 0 Å². The van der Waals surface area contributed by atoms with Crippen molar-refractivity contribution in [3.05, 3.63) is 28.6 Å². The topological polar surface area (TPSA) is 63.0 Å². The zero-order valence-corrected chi connectivity index (χ0v) is 9.26. The van der Waals surface area contributed by atoms with E-state index in [-0.39, 0.29) is 0 Å². The van der Waals surface area contributed by atoms with E-state index in [2.05, 4.69) is 9.72 Å². The van der Waals surface area contributed by atoms with Crippen LogP contribution in [0, 0.1) is 11.3 Å². The van der Waals surface area contributed by atoms with Gasteiger partial charge in [-0.05, 0) is 6.07 Å². The third kappa shape index (κ3) is 2.96. The molecule has 0 atom stereocenters. The number of rotatable bonds is 2. The molecule has 0 aliphatic heterocycles. The monoisotopic (exact) mass is 280 g/mol. The molecule has 0 aliphatic rings. The van der Waals surface area contributed by atoms with Crippen molar-refractivity contribution in [1.82, 2.24) is 4.98 Å². The van der Waals surface area contributed by atoms with Crippen LogP contribution in [0.2, 0.25) is 0 Å². The number of esters is 1. The smallest absolute Gasteiger partial charge is 0.434 e. The molecule has 0 aromatic carbocycles. The van der Waals surface area contributed by atoms with Gasteiger partial charge in [0.25, 0.3) is 6.43 Å².